The van der Waals surface area contributed by atoms with E-state index in [4.69, 9.17) is 5.26 Å². The van der Waals surface area contributed by atoms with Crippen LogP contribution >= 0.6 is 0 Å². The van der Waals surface area contributed by atoms with Gasteiger partial charge in [0.1, 0.15) is 17.8 Å². The number of pyridine rings is 1. The highest BCUT2D eigenvalue weighted by molar-refractivity contribution is 6.22. The van der Waals surface area contributed by atoms with Crippen LogP contribution in [-0.2, 0) is 11.0 Å². The fourth-order valence-corrected chi connectivity index (χ4v) is 4.57. The summed E-state index contributed by atoms with van der Waals surface area (Å²) in [6, 6.07) is 4.72. The second-order valence-corrected chi connectivity index (χ2v) is 8.37. The zero-order valence-corrected chi connectivity index (χ0v) is 18.5. The molecular formula is C23H20F3N5O3. The SMILES string of the molecule is Cc1cc(N2C(=O)[C@@H]3[C@H](C)N(C(=O)c4ccccc4C(F)(F)F)C[C@@H](C)N3C2=O)cnc1C#N. The van der Waals surface area contributed by atoms with Crippen LogP contribution in [0.4, 0.5) is 23.7 Å². The van der Waals surface area contributed by atoms with E-state index < -0.39 is 53.3 Å². The molecule has 176 valence electrons. The van der Waals surface area contributed by atoms with E-state index in [1.54, 1.807) is 13.8 Å². The number of hydrogen-bond acceptors (Lipinski definition) is 5. The monoisotopic (exact) mass is 471 g/mol. The molecule has 1 aromatic carbocycles. The molecule has 3 heterocycles. The van der Waals surface area contributed by atoms with Crippen molar-refractivity contribution in [3.8, 4) is 6.07 Å². The molecule has 11 heteroatoms. The molecule has 0 aliphatic carbocycles. The number of carbonyl (C=O) groups excluding carboxylic acids is 3. The lowest BCUT2D eigenvalue weighted by Gasteiger charge is -2.45. The molecule has 3 atom stereocenters. The lowest BCUT2D eigenvalue weighted by molar-refractivity contribution is -0.138. The normalized spacial score (nSPS) is 22.6. The van der Waals surface area contributed by atoms with Crippen LogP contribution in [0, 0.1) is 18.3 Å². The van der Waals surface area contributed by atoms with E-state index in [0.717, 1.165) is 17.0 Å². The Morgan fingerprint density at radius 3 is 2.50 bits per heavy atom. The van der Waals surface area contributed by atoms with Gasteiger partial charge in [-0.3, -0.25) is 9.59 Å². The Morgan fingerprint density at radius 1 is 1.21 bits per heavy atom. The largest absolute Gasteiger partial charge is 0.417 e. The van der Waals surface area contributed by atoms with Gasteiger partial charge in [-0.2, -0.15) is 18.4 Å². The van der Waals surface area contributed by atoms with Gasteiger partial charge in [-0.05, 0) is 44.5 Å². The number of halogens is 3. The Hall–Kier alpha value is -3.94. The van der Waals surface area contributed by atoms with Crippen molar-refractivity contribution < 1.29 is 27.6 Å². The van der Waals surface area contributed by atoms with Gasteiger partial charge in [0, 0.05) is 12.6 Å². The van der Waals surface area contributed by atoms with Crippen LogP contribution in [0.1, 0.15) is 41.0 Å². The van der Waals surface area contributed by atoms with Gasteiger partial charge < -0.3 is 9.80 Å². The number of nitriles is 1. The highest BCUT2D eigenvalue weighted by Crippen LogP contribution is 2.36. The van der Waals surface area contributed by atoms with Gasteiger partial charge in [-0.25, -0.2) is 14.7 Å². The first kappa shape index (κ1) is 23.2. The average molecular weight is 471 g/mol. The van der Waals surface area contributed by atoms with Crippen molar-refractivity contribution in [3.05, 3.63) is 58.9 Å². The predicted molar refractivity (Wildman–Crippen MR) is 114 cm³/mol. The summed E-state index contributed by atoms with van der Waals surface area (Å²) in [6.07, 6.45) is -3.48. The lowest BCUT2D eigenvalue weighted by atomic mass is 9.97. The molecule has 2 saturated heterocycles. The van der Waals surface area contributed by atoms with E-state index in [1.165, 1.54) is 41.1 Å². The van der Waals surface area contributed by atoms with Crippen LogP contribution in [0.3, 0.4) is 0 Å². The van der Waals surface area contributed by atoms with Crippen molar-refractivity contribution in [1.29, 1.82) is 5.26 Å². The van der Waals surface area contributed by atoms with E-state index in [1.807, 2.05) is 6.07 Å². The molecule has 0 radical (unpaired) electrons. The van der Waals surface area contributed by atoms with Crippen LogP contribution in [0.2, 0.25) is 0 Å². The summed E-state index contributed by atoms with van der Waals surface area (Å²) in [5.74, 6) is -1.47. The summed E-state index contributed by atoms with van der Waals surface area (Å²) in [5, 5.41) is 9.09. The van der Waals surface area contributed by atoms with Gasteiger partial charge in [0.2, 0.25) is 0 Å². The molecule has 4 amide bonds. The molecule has 2 aromatic rings. The molecule has 0 saturated carbocycles. The van der Waals surface area contributed by atoms with Crippen molar-refractivity contribution >= 4 is 23.5 Å². The summed E-state index contributed by atoms with van der Waals surface area (Å²) in [4.78, 5) is 47.3. The summed E-state index contributed by atoms with van der Waals surface area (Å²) in [6.45, 7) is 4.75. The zero-order valence-electron chi connectivity index (χ0n) is 18.5. The first-order valence-corrected chi connectivity index (χ1v) is 10.5. The minimum absolute atomic E-state index is 0.0415. The van der Waals surface area contributed by atoms with E-state index in [-0.39, 0.29) is 17.9 Å². The Morgan fingerprint density at radius 2 is 1.88 bits per heavy atom. The van der Waals surface area contributed by atoms with Crippen molar-refractivity contribution in [2.24, 2.45) is 0 Å². The van der Waals surface area contributed by atoms with Crippen molar-refractivity contribution in [2.45, 2.75) is 45.1 Å². The second kappa shape index (κ2) is 8.13. The molecule has 0 unspecified atom stereocenters. The summed E-state index contributed by atoms with van der Waals surface area (Å²) >= 11 is 0. The maximum absolute atomic E-state index is 13.5. The third-order valence-corrected chi connectivity index (χ3v) is 6.22. The number of aromatic nitrogens is 1. The van der Waals surface area contributed by atoms with Gasteiger partial charge in [0.25, 0.3) is 11.8 Å². The summed E-state index contributed by atoms with van der Waals surface area (Å²) < 4.78 is 40.5. The Kier molecular flexibility index (Phi) is 5.55. The first-order valence-electron chi connectivity index (χ1n) is 10.5. The van der Waals surface area contributed by atoms with Crippen molar-refractivity contribution in [3.63, 3.8) is 0 Å². The van der Waals surface area contributed by atoms with Crippen LogP contribution in [-0.4, -0.2) is 57.3 Å². The number of hydrogen-bond donors (Lipinski definition) is 0. The third-order valence-electron chi connectivity index (χ3n) is 6.22. The van der Waals surface area contributed by atoms with Crippen LogP contribution in [0.25, 0.3) is 0 Å². The number of imide groups is 1. The highest BCUT2D eigenvalue weighted by atomic mass is 19.4. The number of benzene rings is 1. The van der Waals surface area contributed by atoms with Crippen molar-refractivity contribution in [2.75, 3.05) is 11.4 Å². The Bertz CT molecular complexity index is 1240. The lowest BCUT2D eigenvalue weighted by Crippen LogP contribution is -2.63. The van der Waals surface area contributed by atoms with Gasteiger partial charge >= 0.3 is 12.2 Å². The molecule has 0 spiro atoms. The molecule has 8 nitrogen and oxygen atoms in total. The molecule has 34 heavy (non-hydrogen) atoms. The number of rotatable bonds is 2. The van der Waals surface area contributed by atoms with Crippen molar-refractivity contribution in [1.82, 2.24) is 14.8 Å². The fraction of sp³-hybridized carbons (Fsp3) is 0.348. The molecule has 0 bridgehead atoms. The third kappa shape index (κ3) is 3.55. The quantitative estimate of drug-likeness (QED) is 0.626. The van der Waals surface area contributed by atoms with Crippen LogP contribution < -0.4 is 4.90 Å². The Balaban J connectivity index is 1.69. The summed E-state index contributed by atoms with van der Waals surface area (Å²) in [7, 11) is 0. The first-order chi connectivity index (χ1) is 16.0. The smallest absolute Gasteiger partial charge is 0.331 e. The number of carbonyl (C=O) groups is 3. The summed E-state index contributed by atoms with van der Waals surface area (Å²) in [5.41, 5.74) is -0.755. The number of piperazine rings is 1. The number of amides is 4. The Labute approximate surface area is 193 Å². The molecule has 2 aliphatic rings. The standard InChI is InChI=1S/C23H20F3N5O3/c1-12-8-15(10-28-18(12)9-27)31-21(33)19-14(3)29(11-13(2)30(19)22(31)34)20(32)16-6-4-5-7-17(16)23(24,25)26/h4-8,10,13-14,19H,11H2,1-3H3/t13-,14+,19+/m1/s1. The number of urea groups is 1. The maximum Gasteiger partial charge on any atom is 0.417 e. The fourth-order valence-electron chi connectivity index (χ4n) is 4.57. The molecule has 1 aromatic heterocycles. The number of fused-ring (bicyclic) bond motifs is 1. The molecular weight excluding hydrogens is 451 g/mol. The van der Waals surface area contributed by atoms with E-state index in [2.05, 4.69) is 4.98 Å². The maximum atomic E-state index is 13.5. The average Bonchev–Trinajstić information content (AvgIpc) is 3.06. The molecule has 4 rings (SSSR count). The predicted octanol–water partition coefficient (Wildman–Crippen LogP) is 3.35. The second-order valence-electron chi connectivity index (χ2n) is 8.37. The van der Waals surface area contributed by atoms with E-state index in [0.29, 0.717) is 5.56 Å². The highest BCUT2D eigenvalue weighted by Gasteiger charge is 2.55. The topological polar surface area (TPSA) is 97.6 Å². The van der Waals surface area contributed by atoms with E-state index in [9.17, 15) is 27.6 Å². The number of aryl methyl sites for hydroxylation is 1. The number of nitrogens with zero attached hydrogens (tertiary/aromatic N) is 5. The van der Waals surface area contributed by atoms with Gasteiger partial charge in [-0.1, -0.05) is 12.1 Å². The van der Waals surface area contributed by atoms with Gasteiger partial charge in [0.15, 0.2) is 0 Å². The van der Waals surface area contributed by atoms with Gasteiger partial charge in [0.05, 0.1) is 29.1 Å². The van der Waals surface area contributed by atoms with Crippen LogP contribution in [0.15, 0.2) is 36.5 Å². The van der Waals surface area contributed by atoms with Crippen LogP contribution in [0.5, 0.6) is 0 Å². The molecule has 0 N–H and O–H groups in total. The number of anilines is 1. The van der Waals surface area contributed by atoms with Gasteiger partial charge in [-0.15, -0.1) is 0 Å². The minimum Gasteiger partial charge on any atom is -0.331 e. The minimum atomic E-state index is -4.72. The van der Waals surface area contributed by atoms with E-state index >= 15 is 0 Å². The molecule has 2 fully saturated rings. The zero-order chi connectivity index (χ0) is 24.9. The number of alkyl halides is 3. The molecule has 2 aliphatic heterocycles.